The Labute approximate surface area is 86.8 Å². The van der Waals surface area contributed by atoms with Gasteiger partial charge in [-0.3, -0.25) is 0 Å². The predicted molar refractivity (Wildman–Crippen MR) is 54.8 cm³/mol. The Hall–Kier alpha value is -0.720. The van der Waals surface area contributed by atoms with E-state index in [4.69, 9.17) is 10.6 Å². The van der Waals surface area contributed by atoms with Gasteiger partial charge in [-0.1, -0.05) is 17.3 Å². The summed E-state index contributed by atoms with van der Waals surface area (Å²) in [6, 6.07) is 0. The molecule has 78 valence electrons. The van der Waals surface area contributed by atoms with E-state index in [0.717, 1.165) is 10.7 Å². The van der Waals surface area contributed by atoms with Crippen molar-refractivity contribution in [2.75, 3.05) is 5.43 Å². The SMILES string of the molecule is NNc1snnc1COC1CCCC1. The van der Waals surface area contributed by atoms with Gasteiger partial charge in [0.2, 0.25) is 0 Å². The summed E-state index contributed by atoms with van der Waals surface area (Å²) in [4.78, 5) is 0. The molecule has 14 heavy (non-hydrogen) atoms. The maximum absolute atomic E-state index is 5.70. The van der Waals surface area contributed by atoms with Gasteiger partial charge in [-0.15, -0.1) is 5.10 Å². The molecule has 1 saturated carbocycles. The summed E-state index contributed by atoms with van der Waals surface area (Å²) in [7, 11) is 0. The molecule has 5 nitrogen and oxygen atoms in total. The second kappa shape index (κ2) is 4.68. The minimum absolute atomic E-state index is 0.405. The fourth-order valence-electron chi connectivity index (χ4n) is 1.66. The van der Waals surface area contributed by atoms with E-state index >= 15 is 0 Å². The van der Waals surface area contributed by atoms with Gasteiger partial charge < -0.3 is 10.2 Å². The molecular weight excluding hydrogens is 200 g/mol. The molecule has 0 atom stereocenters. The molecule has 0 aromatic carbocycles. The van der Waals surface area contributed by atoms with Crippen LogP contribution in [-0.4, -0.2) is 15.7 Å². The maximum Gasteiger partial charge on any atom is 0.149 e. The van der Waals surface area contributed by atoms with E-state index in [0.29, 0.717) is 12.7 Å². The Kier molecular flexibility index (Phi) is 3.28. The Balaban J connectivity index is 1.84. The number of hydrazine groups is 1. The van der Waals surface area contributed by atoms with E-state index in [1.54, 1.807) is 0 Å². The van der Waals surface area contributed by atoms with Crippen LogP contribution >= 0.6 is 11.5 Å². The molecule has 0 unspecified atom stereocenters. The van der Waals surface area contributed by atoms with Crippen LogP contribution in [0.2, 0.25) is 0 Å². The summed E-state index contributed by atoms with van der Waals surface area (Å²) >= 11 is 1.25. The molecular formula is C8H14N4OS. The Morgan fingerprint density at radius 1 is 1.50 bits per heavy atom. The second-order valence-electron chi connectivity index (χ2n) is 3.41. The molecule has 0 spiro atoms. The molecule has 0 radical (unpaired) electrons. The zero-order chi connectivity index (χ0) is 9.80. The smallest absolute Gasteiger partial charge is 0.149 e. The molecule has 2 rings (SSSR count). The number of ether oxygens (including phenoxy) is 1. The standard InChI is InChI=1S/C8H14N4OS/c9-10-8-7(11-12-14-8)5-13-6-3-1-2-4-6/h6,10H,1-5,9H2. The topological polar surface area (TPSA) is 73.1 Å². The van der Waals surface area contributed by atoms with Crippen LogP contribution < -0.4 is 11.3 Å². The van der Waals surface area contributed by atoms with Crippen LogP contribution in [0.25, 0.3) is 0 Å². The molecule has 1 aliphatic rings. The van der Waals surface area contributed by atoms with Crippen LogP contribution in [0.5, 0.6) is 0 Å². The number of nitrogens with zero attached hydrogens (tertiary/aromatic N) is 2. The van der Waals surface area contributed by atoms with Crippen molar-refractivity contribution in [2.24, 2.45) is 5.84 Å². The molecule has 1 aliphatic carbocycles. The quantitative estimate of drug-likeness (QED) is 0.583. The van der Waals surface area contributed by atoms with E-state index < -0.39 is 0 Å². The van der Waals surface area contributed by atoms with Crippen molar-refractivity contribution < 1.29 is 4.74 Å². The van der Waals surface area contributed by atoms with Crippen molar-refractivity contribution in [3.05, 3.63) is 5.69 Å². The summed E-state index contributed by atoms with van der Waals surface area (Å²) in [5.74, 6) is 5.30. The van der Waals surface area contributed by atoms with E-state index in [2.05, 4.69) is 15.0 Å². The molecule has 1 aromatic heterocycles. The third kappa shape index (κ3) is 2.20. The first-order valence-electron chi connectivity index (χ1n) is 4.79. The molecule has 0 saturated heterocycles. The first-order valence-corrected chi connectivity index (χ1v) is 5.57. The average molecular weight is 214 g/mol. The molecule has 6 heteroatoms. The highest BCUT2D eigenvalue weighted by atomic mass is 32.1. The molecule has 0 bridgehead atoms. The van der Waals surface area contributed by atoms with Crippen molar-refractivity contribution in [1.29, 1.82) is 0 Å². The largest absolute Gasteiger partial charge is 0.372 e. The lowest BCUT2D eigenvalue weighted by Crippen LogP contribution is -2.11. The van der Waals surface area contributed by atoms with Crippen LogP contribution in [0.15, 0.2) is 0 Å². The molecule has 1 aromatic rings. The Morgan fingerprint density at radius 2 is 2.29 bits per heavy atom. The highest BCUT2D eigenvalue weighted by molar-refractivity contribution is 7.10. The van der Waals surface area contributed by atoms with Crippen molar-refractivity contribution in [1.82, 2.24) is 9.59 Å². The zero-order valence-corrected chi connectivity index (χ0v) is 8.72. The van der Waals surface area contributed by atoms with Gasteiger partial charge in [-0.2, -0.15) is 0 Å². The second-order valence-corrected chi connectivity index (χ2v) is 4.16. The third-order valence-corrected chi connectivity index (χ3v) is 3.14. The van der Waals surface area contributed by atoms with Crippen LogP contribution in [-0.2, 0) is 11.3 Å². The Morgan fingerprint density at radius 3 is 3.00 bits per heavy atom. The molecule has 1 fully saturated rings. The third-order valence-electron chi connectivity index (χ3n) is 2.44. The fraction of sp³-hybridized carbons (Fsp3) is 0.750. The van der Waals surface area contributed by atoms with Gasteiger partial charge in [-0.05, 0) is 12.8 Å². The van der Waals surface area contributed by atoms with Gasteiger partial charge in [0.05, 0.1) is 12.7 Å². The van der Waals surface area contributed by atoms with Gasteiger partial charge in [0, 0.05) is 11.5 Å². The number of nitrogens with two attached hydrogens (primary N) is 1. The van der Waals surface area contributed by atoms with Gasteiger partial charge in [0.15, 0.2) is 0 Å². The molecule has 0 amide bonds. The lowest BCUT2D eigenvalue weighted by atomic mass is 10.3. The van der Waals surface area contributed by atoms with Gasteiger partial charge in [0.25, 0.3) is 0 Å². The average Bonchev–Trinajstić information content (AvgIpc) is 2.85. The molecule has 1 heterocycles. The van der Waals surface area contributed by atoms with Gasteiger partial charge in [-0.25, -0.2) is 5.84 Å². The number of rotatable bonds is 4. The van der Waals surface area contributed by atoms with Crippen LogP contribution in [0.1, 0.15) is 31.4 Å². The van der Waals surface area contributed by atoms with E-state index in [9.17, 15) is 0 Å². The number of aromatic nitrogens is 2. The number of nitrogen functional groups attached to an aromatic ring is 1. The predicted octanol–water partition coefficient (Wildman–Crippen LogP) is 1.28. The summed E-state index contributed by atoms with van der Waals surface area (Å²) < 4.78 is 9.51. The normalized spacial score (nSPS) is 17.5. The number of hydrogen-bond donors (Lipinski definition) is 2. The number of nitrogens with one attached hydrogen (secondary N) is 1. The number of anilines is 1. The maximum atomic E-state index is 5.70. The first-order chi connectivity index (χ1) is 6.90. The van der Waals surface area contributed by atoms with Gasteiger partial charge >= 0.3 is 0 Å². The lowest BCUT2D eigenvalue weighted by Gasteiger charge is -2.09. The van der Waals surface area contributed by atoms with E-state index in [1.165, 1.54) is 37.2 Å². The monoisotopic (exact) mass is 214 g/mol. The summed E-state index contributed by atoms with van der Waals surface area (Å²) in [5.41, 5.74) is 3.37. The first kappa shape index (κ1) is 9.82. The highest BCUT2D eigenvalue weighted by Gasteiger charge is 2.16. The van der Waals surface area contributed by atoms with Crippen LogP contribution in [0.3, 0.4) is 0 Å². The lowest BCUT2D eigenvalue weighted by molar-refractivity contribution is 0.0440. The fourth-order valence-corrected chi connectivity index (χ4v) is 2.14. The van der Waals surface area contributed by atoms with Crippen molar-refractivity contribution in [3.63, 3.8) is 0 Å². The van der Waals surface area contributed by atoms with E-state index in [1.807, 2.05) is 0 Å². The van der Waals surface area contributed by atoms with Crippen molar-refractivity contribution in [3.8, 4) is 0 Å². The summed E-state index contributed by atoms with van der Waals surface area (Å²) in [5, 5.41) is 4.74. The van der Waals surface area contributed by atoms with Crippen LogP contribution in [0, 0.1) is 0 Å². The van der Waals surface area contributed by atoms with E-state index in [-0.39, 0.29) is 0 Å². The zero-order valence-electron chi connectivity index (χ0n) is 7.90. The Bertz CT molecular complexity index is 285. The minimum atomic E-state index is 0.405. The van der Waals surface area contributed by atoms with Crippen molar-refractivity contribution >= 4 is 16.5 Å². The van der Waals surface area contributed by atoms with Crippen molar-refractivity contribution in [2.45, 2.75) is 38.4 Å². The number of hydrogen-bond acceptors (Lipinski definition) is 6. The molecule has 3 N–H and O–H groups in total. The highest BCUT2D eigenvalue weighted by Crippen LogP contribution is 2.23. The van der Waals surface area contributed by atoms with Crippen LogP contribution in [0.4, 0.5) is 5.00 Å². The molecule has 0 aliphatic heterocycles. The minimum Gasteiger partial charge on any atom is -0.372 e. The summed E-state index contributed by atoms with van der Waals surface area (Å²) in [6.07, 6.45) is 5.30. The summed E-state index contributed by atoms with van der Waals surface area (Å²) in [6.45, 7) is 0.515. The van der Waals surface area contributed by atoms with Gasteiger partial charge in [0.1, 0.15) is 10.7 Å².